The number of quaternary nitrogens is 1. The number of carbonyl (C=O) groups excluding carboxylic acids is 1. The number of carbonyl (C=O) groups is 1. The van der Waals surface area contributed by atoms with Crippen molar-refractivity contribution in [1.29, 1.82) is 0 Å². The van der Waals surface area contributed by atoms with E-state index < -0.39 is 20.0 Å². The minimum atomic E-state index is -4.55. The number of rotatable bonds is 35. The Balaban J connectivity index is 4.41. The van der Waals surface area contributed by atoms with Gasteiger partial charge >= 0.3 is 0 Å². The van der Waals surface area contributed by atoms with Crippen LogP contribution in [0.2, 0.25) is 0 Å². The Hall–Kier alpha value is -0.500. The number of hydrogen-bond acceptors (Lipinski definition) is 6. The highest BCUT2D eigenvalue weighted by atomic mass is 31.2. The van der Waals surface area contributed by atoms with Crippen molar-refractivity contribution in [2.75, 3.05) is 40.9 Å². The van der Waals surface area contributed by atoms with Crippen LogP contribution in [-0.4, -0.2) is 68.5 Å². The van der Waals surface area contributed by atoms with E-state index in [1.807, 2.05) is 21.1 Å². The van der Waals surface area contributed by atoms with Crippen molar-refractivity contribution >= 4 is 13.7 Å². The molecule has 0 aromatic heterocycles. The lowest BCUT2D eigenvalue weighted by atomic mass is 10.0. The maximum Gasteiger partial charge on any atom is 0.268 e. The highest BCUT2D eigenvalue weighted by Crippen LogP contribution is 2.38. The van der Waals surface area contributed by atoms with Crippen LogP contribution in [0.15, 0.2) is 0 Å². The summed E-state index contributed by atoms with van der Waals surface area (Å²) in [5, 5.41) is 13.8. The average molecular weight is 677 g/mol. The van der Waals surface area contributed by atoms with Gasteiger partial charge in [-0.2, -0.15) is 0 Å². The summed E-state index contributed by atoms with van der Waals surface area (Å²) in [5.74, 6) is -0.165. The Morgan fingerprint density at radius 3 is 1.48 bits per heavy atom. The molecule has 0 heterocycles. The third-order valence-corrected chi connectivity index (χ3v) is 9.81. The Bertz CT molecular complexity index is 733. The van der Waals surface area contributed by atoms with Crippen molar-refractivity contribution in [1.82, 2.24) is 5.32 Å². The number of aliphatic hydroxyl groups excluding tert-OH is 1. The van der Waals surface area contributed by atoms with Crippen molar-refractivity contribution in [3.8, 4) is 0 Å². The van der Waals surface area contributed by atoms with Gasteiger partial charge in [0.2, 0.25) is 5.91 Å². The van der Waals surface area contributed by atoms with Crippen molar-refractivity contribution in [3.05, 3.63) is 0 Å². The SMILES string of the molecule is CCCCCCCCCCCCCCCCC(=O)NC(COP(=O)([O-])OCC[N+](C)(C)C)C(O)CCCCCCCCCCCC. The largest absolute Gasteiger partial charge is 0.756 e. The molecule has 0 aromatic carbocycles. The minimum absolute atomic E-state index is 0.0155. The smallest absolute Gasteiger partial charge is 0.268 e. The Labute approximate surface area is 285 Å². The third kappa shape index (κ3) is 32.1. The molecule has 9 heteroatoms. The lowest BCUT2D eigenvalue weighted by Gasteiger charge is -2.30. The molecular formula is C37H77N2O6P. The number of phosphoric ester groups is 1. The second-order valence-electron chi connectivity index (χ2n) is 14.6. The second kappa shape index (κ2) is 30.6. The van der Waals surface area contributed by atoms with Crippen LogP contribution in [0.4, 0.5) is 0 Å². The van der Waals surface area contributed by atoms with E-state index in [2.05, 4.69) is 19.2 Å². The molecule has 3 unspecified atom stereocenters. The molecule has 0 aromatic rings. The van der Waals surface area contributed by atoms with Gasteiger partial charge in [-0.05, 0) is 12.8 Å². The maximum absolute atomic E-state index is 12.8. The summed E-state index contributed by atoms with van der Waals surface area (Å²) >= 11 is 0. The number of hydrogen-bond donors (Lipinski definition) is 2. The van der Waals surface area contributed by atoms with Crippen molar-refractivity contribution in [2.45, 2.75) is 193 Å². The van der Waals surface area contributed by atoms with E-state index in [9.17, 15) is 19.4 Å². The Morgan fingerprint density at radius 2 is 1.07 bits per heavy atom. The standard InChI is InChI=1S/C37H77N2O6P/c1-6-8-10-12-14-16-18-19-20-21-23-25-27-29-31-37(41)38-35(34-45-46(42,43)44-33-32-39(3,4)5)36(40)30-28-26-24-22-17-15-13-11-9-7-2/h35-36,40H,6-34H2,1-5H3,(H-,38,41,42,43). The normalized spacial score (nSPS) is 14.7. The fraction of sp³-hybridized carbons (Fsp3) is 0.973. The molecular weight excluding hydrogens is 599 g/mol. The van der Waals surface area contributed by atoms with E-state index >= 15 is 0 Å². The van der Waals surface area contributed by atoms with Gasteiger partial charge in [0.05, 0.1) is 39.9 Å². The van der Waals surface area contributed by atoms with Gasteiger partial charge in [0.25, 0.3) is 7.82 Å². The first-order valence-corrected chi connectivity index (χ1v) is 20.8. The predicted molar refractivity (Wildman–Crippen MR) is 192 cm³/mol. The second-order valence-corrected chi connectivity index (χ2v) is 16.1. The van der Waals surface area contributed by atoms with Gasteiger partial charge in [-0.3, -0.25) is 9.36 Å². The molecule has 0 aliphatic carbocycles. The Kier molecular flexibility index (Phi) is 30.2. The molecule has 0 fully saturated rings. The summed E-state index contributed by atoms with van der Waals surface area (Å²) in [7, 11) is 1.31. The maximum atomic E-state index is 12.8. The van der Waals surface area contributed by atoms with E-state index in [0.29, 0.717) is 23.9 Å². The van der Waals surface area contributed by atoms with E-state index in [-0.39, 0.29) is 19.1 Å². The monoisotopic (exact) mass is 677 g/mol. The zero-order valence-electron chi connectivity index (χ0n) is 31.0. The fourth-order valence-corrected chi connectivity index (χ4v) is 6.41. The first-order valence-electron chi connectivity index (χ1n) is 19.4. The molecule has 46 heavy (non-hydrogen) atoms. The molecule has 1 amide bonds. The molecule has 0 saturated heterocycles. The van der Waals surface area contributed by atoms with Gasteiger partial charge in [0.15, 0.2) is 0 Å². The molecule has 0 spiro atoms. The molecule has 0 radical (unpaired) electrons. The third-order valence-electron chi connectivity index (χ3n) is 8.85. The molecule has 2 N–H and O–H groups in total. The number of nitrogens with zero attached hydrogens (tertiary/aromatic N) is 1. The average Bonchev–Trinajstić information content (AvgIpc) is 2.99. The first-order chi connectivity index (χ1) is 22.0. The van der Waals surface area contributed by atoms with E-state index in [0.717, 1.165) is 38.5 Å². The summed E-state index contributed by atoms with van der Waals surface area (Å²) < 4.78 is 23.1. The molecule has 0 saturated carbocycles. The van der Waals surface area contributed by atoms with Crippen molar-refractivity contribution in [2.24, 2.45) is 0 Å². The van der Waals surface area contributed by atoms with Crippen LogP contribution in [0.5, 0.6) is 0 Å². The molecule has 8 nitrogen and oxygen atoms in total. The highest BCUT2D eigenvalue weighted by molar-refractivity contribution is 7.45. The molecule has 0 bridgehead atoms. The highest BCUT2D eigenvalue weighted by Gasteiger charge is 2.24. The van der Waals surface area contributed by atoms with Gasteiger partial charge in [-0.25, -0.2) is 0 Å². The van der Waals surface area contributed by atoms with Crippen LogP contribution in [-0.2, 0) is 18.4 Å². The van der Waals surface area contributed by atoms with Gasteiger partial charge in [0, 0.05) is 6.42 Å². The number of nitrogens with one attached hydrogen (secondary N) is 1. The van der Waals surface area contributed by atoms with Crippen molar-refractivity contribution < 1.29 is 32.9 Å². The lowest BCUT2D eigenvalue weighted by molar-refractivity contribution is -0.870. The topological polar surface area (TPSA) is 108 Å². The van der Waals surface area contributed by atoms with Gasteiger partial charge < -0.3 is 28.8 Å². The zero-order valence-corrected chi connectivity index (χ0v) is 31.9. The van der Waals surface area contributed by atoms with Gasteiger partial charge in [0.1, 0.15) is 13.2 Å². The quantitative estimate of drug-likeness (QED) is 0.0394. The summed E-state index contributed by atoms with van der Waals surface area (Å²) in [4.78, 5) is 25.1. The van der Waals surface area contributed by atoms with Crippen LogP contribution in [0.1, 0.15) is 181 Å². The Morgan fingerprint density at radius 1 is 0.674 bits per heavy atom. The summed E-state index contributed by atoms with van der Waals surface area (Å²) in [6, 6.07) is -0.790. The molecule has 276 valence electrons. The zero-order chi connectivity index (χ0) is 34.4. The van der Waals surface area contributed by atoms with Gasteiger partial charge in [-0.1, -0.05) is 162 Å². The lowest BCUT2D eigenvalue weighted by Crippen LogP contribution is -2.46. The first kappa shape index (κ1) is 45.5. The summed E-state index contributed by atoms with van der Waals surface area (Å²) in [5.41, 5.74) is 0. The number of unbranched alkanes of at least 4 members (excludes halogenated alkanes) is 22. The van der Waals surface area contributed by atoms with Crippen LogP contribution < -0.4 is 10.2 Å². The van der Waals surface area contributed by atoms with Crippen LogP contribution in [0.25, 0.3) is 0 Å². The minimum Gasteiger partial charge on any atom is -0.756 e. The number of likely N-dealkylation sites (N-methyl/N-ethyl adjacent to an activating group) is 1. The molecule has 3 atom stereocenters. The number of amides is 1. The summed E-state index contributed by atoms with van der Waals surface area (Å²) in [6.07, 6.45) is 29.5. The molecule has 0 aliphatic rings. The van der Waals surface area contributed by atoms with Gasteiger partial charge in [-0.15, -0.1) is 0 Å². The van der Waals surface area contributed by atoms with Crippen LogP contribution >= 0.6 is 7.82 Å². The predicted octanol–water partition coefficient (Wildman–Crippen LogP) is 9.22. The van der Waals surface area contributed by atoms with E-state index in [1.54, 1.807) is 0 Å². The van der Waals surface area contributed by atoms with Crippen molar-refractivity contribution in [3.63, 3.8) is 0 Å². The number of aliphatic hydroxyl groups is 1. The van der Waals surface area contributed by atoms with E-state index in [4.69, 9.17) is 9.05 Å². The molecule has 0 rings (SSSR count). The fourth-order valence-electron chi connectivity index (χ4n) is 5.69. The van der Waals surface area contributed by atoms with Crippen LogP contribution in [0.3, 0.4) is 0 Å². The van der Waals surface area contributed by atoms with Crippen LogP contribution in [0, 0.1) is 0 Å². The van der Waals surface area contributed by atoms with E-state index in [1.165, 1.54) is 116 Å². The number of phosphoric acid groups is 1. The summed E-state index contributed by atoms with van der Waals surface area (Å²) in [6.45, 7) is 4.70. The molecule has 0 aliphatic heterocycles.